The molecule has 1 aliphatic heterocycles. The first-order valence-corrected chi connectivity index (χ1v) is 11.5. The predicted molar refractivity (Wildman–Crippen MR) is 137 cm³/mol. The van der Waals surface area contributed by atoms with Crippen molar-refractivity contribution in [1.82, 2.24) is 4.98 Å². The summed E-state index contributed by atoms with van der Waals surface area (Å²) in [6.45, 7) is 0. The summed E-state index contributed by atoms with van der Waals surface area (Å²) < 4.78 is 12.8. The number of hydrogen-bond acceptors (Lipinski definition) is 3. The van der Waals surface area contributed by atoms with Crippen molar-refractivity contribution in [3.05, 3.63) is 83.1 Å². The molecule has 0 saturated heterocycles. The molecule has 34 heavy (non-hydrogen) atoms. The van der Waals surface area contributed by atoms with Crippen molar-refractivity contribution >= 4 is 72.6 Å². The van der Waals surface area contributed by atoms with Crippen molar-refractivity contribution in [3.63, 3.8) is 0 Å². The fraction of sp³-hybridized carbons (Fsp3) is 0.0333. The van der Waals surface area contributed by atoms with Crippen LogP contribution < -0.4 is 10.8 Å². The highest BCUT2D eigenvalue weighted by Crippen LogP contribution is 2.44. The Hall–Kier alpha value is -4.57. The van der Waals surface area contributed by atoms with E-state index >= 15 is 0 Å². The van der Waals surface area contributed by atoms with Crippen molar-refractivity contribution in [2.75, 3.05) is 0 Å². The fourth-order valence-electron chi connectivity index (χ4n) is 5.85. The van der Waals surface area contributed by atoms with E-state index in [1.807, 2.05) is 12.1 Å². The standard InChI is InChI=1S/C30H16N2O2/c1-3-7-25-15(5-1)17-9-11-21-27(29(17)33-25)19-13-20-24(14-23(19)31-21)32-22-12-10-18-16-6-2-4-8-26(16)34-30(18)28(20)22/h1-3,5-14,31H,4H2. The van der Waals surface area contributed by atoms with Gasteiger partial charge in [-0.25, -0.2) is 4.99 Å². The summed E-state index contributed by atoms with van der Waals surface area (Å²) in [5.74, 6) is 0. The number of nitrogens with zero attached hydrogens (tertiary/aromatic N) is 1. The van der Waals surface area contributed by atoms with E-state index in [9.17, 15) is 0 Å². The van der Waals surface area contributed by atoms with Crippen LogP contribution in [0.3, 0.4) is 0 Å². The number of allylic oxidation sites excluding steroid dienone is 1. The third-order valence-electron chi connectivity index (χ3n) is 7.36. The number of benzene rings is 4. The van der Waals surface area contributed by atoms with Crippen molar-refractivity contribution in [3.8, 4) is 11.1 Å². The second-order valence-electron chi connectivity index (χ2n) is 9.17. The van der Waals surface area contributed by atoms with Gasteiger partial charge in [0.15, 0.2) is 0 Å². The van der Waals surface area contributed by atoms with Crippen LogP contribution in [0.2, 0.25) is 0 Å². The topological polar surface area (TPSA) is 54.4 Å². The molecule has 7 aromatic rings. The molecular formula is C30H16N2O2. The van der Waals surface area contributed by atoms with Crippen molar-refractivity contribution in [1.29, 1.82) is 0 Å². The molecule has 0 fully saturated rings. The van der Waals surface area contributed by atoms with E-state index in [-0.39, 0.29) is 0 Å². The molecule has 4 aromatic carbocycles. The van der Waals surface area contributed by atoms with E-state index in [0.29, 0.717) is 0 Å². The average Bonchev–Trinajstić information content (AvgIpc) is 3.60. The molecule has 0 saturated carbocycles. The molecule has 0 atom stereocenters. The van der Waals surface area contributed by atoms with Crippen LogP contribution in [0.4, 0.5) is 5.69 Å². The maximum atomic E-state index is 6.39. The van der Waals surface area contributed by atoms with Gasteiger partial charge in [0.25, 0.3) is 0 Å². The fourth-order valence-corrected chi connectivity index (χ4v) is 5.85. The van der Waals surface area contributed by atoms with E-state index in [0.717, 1.165) is 94.3 Å². The number of furan rings is 2. The quantitative estimate of drug-likeness (QED) is 0.276. The minimum atomic E-state index is 0.902. The molecule has 3 aromatic heterocycles. The normalized spacial score (nSPS) is 14.1. The molecule has 1 aliphatic carbocycles. The van der Waals surface area contributed by atoms with Gasteiger partial charge in [-0.05, 0) is 55.0 Å². The number of aromatic amines is 1. The molecule has 4 nitrogen and oxygen atoms in total. The van der Waals surface area contributed by atoms with Crippen LogP contribution in [0, 0.1) is 0 Å². The third kappa shape index (κ3) is 1.94. The summed E-state index contributed by atoms with van der Waals surface area (Å²) in [6, 6.07) is 21.2. The van der Waals surface area contributed by atoms with Gasteiger partial charge in [-0.2, -0.15) is 0 Å². The lowest BCUT2D eigenvalue weighted by atomic mass is 9.99. The molecular weight excluding hydrogens is 420 g/mol. The van der Waals surface area contributed by atoms with Crippen molar-refractivity contribution in [2.24, 2.45) is 4.99 Å². The number of para-hydroxylation sites is 1. The van der Waals surface area contributed by atoms with Gasteiger partial charge in [0.1, 0.15) is 22.2 Å². The van der Waals surface area contributed by atoms with Gasteiger partial charge in [0, 0.05) is 38.2 Å². The van der Waals surface area contributed by atoms with E-state index in [2.05, 4.69) is 71.7 Å². The summed E-state index contributed by atoms with van der Waals surface area (Å²) in [7, 11) is 0. The molecule has 1 N–H and O–H groups in total. The zero-order valence-electron chi connectivity index (χ0n) is 18.0. The second kappa shape index (κ2) is 5.67. The van der Waals surface area contributed by atoms with E-state index < -0.39 is 0 Å². The van der Waals surface area contributed by atoms with E-state index in [1.54, 1.807) is 0 Å². The first-order chi connectivity index (χ1) is 16.8. The lowest BCUT2D eigenvalue weighted by Gasteiger charge is -2.02. The minimum absolute atomic E-state index is 0.902. The number of H-pyrrole nitrogens is 1. The van der Waals surface area contributed by atoms with Gasteiger partial charge in [0.05, 0.1) is 27.5 Å². The molecule has 0 spiro atoms. The van der Waals surface area contributed by atoms with Crippen molar-refractivity contribution < 1.29 is 8.83 Å². The molecule has 0 radical (unpaired) electrons. The molecule has 2 aliphatic rings. The van der Waals surface area contributed by atoms with Crippen LogP contribution in [-0.4, -0.2) is 4.98 Å². The van der Waals surface area contributed by atoms with E-state index in [4.69, 9.17) is 13.8 Å². The SMILES string of the molecule is C1=Cc2c(oc3c4c(ccc23)=Nc2cc3[nH]c5ccc6c7ccccc7oc6c5c3cc2-4)=CC1. The highest BCUT2D eigenvalue weighted by atomic mass is 16.3. The Morgan fingerprint density at radius 2 is 1.74 bits per heavy atom. The van der Waals surface area contributed by atoms with E-state index in [1.165, 1.54) is 0 Å². The summed E-state index contributed by atoms with van der Waals surface area (Å²) in [6.07, 6.45) is 7.40. The average molecular weight is 436 g/mol. The van der Waals surface area contributed by atoms with Crippen LogP contribution in [0.15, 0.2) is 80.6 Å². The molecule has 0 amide bonds. The maximum Gasteiger partial charge on any atom is 0.145 e. The largest absolute Gasteiger partial charge is 0.456 e. The Kier molecular flexibility index (Phi) is 2.83. The van der Waals surface area contributed by atoms with Crippen LogP contribution in [0.25, 0.3) is 78.0 Å². The Morgan fingerprint density at radius 1 is 0.794 bits per heavy atom. The van der Waals surface area contributed by atoms with Crippen LogP contribution in [0.5, 0.6) is 0 Å². The first-order valence-electron chi connectivity index (χ1n) is 11.5. The van der Waals surface area contributed by atoms with Gasteiger partial charge >= 0.3 is 0 Å². The molecule has 9 rings (SSSR count). The third-order valence-corrected chi connectivity index (χ3v) is 7.36. The lowest BCUT2D eigenvalue weighted by Crippen LogP contribution is -2.01. The zero-order chi connectivity index (χ0) is 22.0. The lowest BCUT2D eigenvalue weighted by molar-refractivity contribution is 0.577. The summed E-state index contributed by atoms with van der Waals surface area (Å²) in [5, 5.41) is 6.63. The molecule has 4 heterocycles. The zero-order valence-corrected chi connectivity index (χ0v) is 18.0. The Bertz CT molecular complexity index is 2200. The Morgan fingerprint density at radius 3 is 2.74 bits per heavy atom. The van der Waals surface area contributed by atoms with Gasteiger partial charge < -0.3 is 13.8 Å². The van der Waals surface area contributed by atoms with Crippen LogP contribution >= 0.6 is 0 Å². The summed E-state index contributed by atoms with van der Waals surface area (Å²) >= 11 is 0. The minimum Gasteiger partial charge on any atom is -0.456 e. The van der Waals surface area contributed by atoms with Crippen molar-refractivity contribution in [2.45, 2.75) is 6.42 Å². The number of rotatable bonds is 0. The first kappa shape index (κ1) is 17.0. The molecule has 0 unspecified atom stereocenters. The van der Waals surface area contributed by atoms with Crippen LogP contribution in [-0.2, 0) is 0 Å². The van der Waals surface area contributed by atoms with Gasteiger partial charge in [0.2, 0.25) is 0 Å². The van der Waals surface area contributed by atoms with Gasteiger partial charge in [-0.1, -0.05) is 30.4 Å². The highest BCUT2D eigenvalue weighted by molar-refractivity contribution is 6.24. The number of aromatic nitrogens is 1. The second-order valence-corrected chi connectivity index (χ2v) is 9.17. The molecule has 0 bridgehead atoms. The summed E-state index contributed by atoms with van der Waals surface area (Å²) in [4.78, 5) is 8.55. The van der Waals surface area contributed by atoms with Gasteiger partial charge in [-0.3, -0.25) is 0 Å². The number of nitrogens with one attached hydrogen (secondary N) is 1. The number of hydrogen-bond donors (Lipinski definition) is 1. The smallest absolute Gasteiger partial charge is 0.145 e. The predicted octanol–water partition coefficient (Wildman–Crippen LogP) is 7.10. The molecule has 158 valence electrons. The molecule has 4 heteroatoms. The summed E-state index contributed by atoms with van der Waals surface area (Å²) in [5.41, 5.74) is 10.2. The highest BCUT2D eigenvalue weighted by Gasteiger charge is 2.24. The number of fused-ring (bicyclic) bond motifs is 14. The Labute approximate surface area is 192 Å². The van der Waals surface area contributed by atoms with Gasteiger partial charge in [-0.15, -0.1) is 0 Å². The maximum absolute atomic E-state index is 6.39. The Balaban J connectivity index is 1.42. The van der Waals surface area contributed by atoms with Crippen LogP contribution in [0.1, 0.15) is 12.0 Å². The monoisotopic (exact) mass is 436 g/mol.